The van der Waals surface area contributed by atoms with Gasteiger partial charge in [0.25, 0.3) is 0 Å². The minimum Gasteiger partial charge on any atom is -0.393 e. The fourth-order valence-corrected chi connectivity index (χ4v) is 7.10. The molecule has 0 aromatic carbocycles. The second-order valence-corrected chi connectivity index (χ2v) is 10.1. The summed E-state index contributed by atoms with van der Waals surface area (Å²) in [6.07, 6.45) is 21.7. The zero-order valence-corrected chi connectivity index (χ0v) is 16.7. The summed E-state index contributed by atoms with van der Waals surface area (Å²) in [5.74, 6) is 9.45. The van der Waals surface area contributed by atoms with Crippen LogP contribution in [0.4, 0.5) is 0 Å². The van der Waals surface area contributed by atoms with E-state index in [9.17, 15) is 5.11 Å². The Hall–Kier alpha value is -1.52. The molecule has 0 unspecified atom stereocenters. The molecule has 0 aliphatic heterocycles. The Morgan fingerprint density at radius 2 is 1.85 bits per heavy atom. The van der Waals surface area contributed by atoms with Crippen LogP contribution in [0.1, 0.15) is 58.8 Å². The zero-order chi connectivity index (χ0) is 18.6. The molecular formula is C26H32O. The van der Waals surface area contributed by atoms with Crippen LogP contribution in [-0.4, -0.2) is 11.2 Å². The van der Waals surface area contributed by atoms with E-state index in [2.05, 4.69) is 62.1 Å². The molecule has 27 heavy (non-hydrogen) atoms. The van der Waals surface area contributed by atoms with Crippen LogP contribution in [0.5, 0.6) is 0 Å². The normalized spacial score (nSPS) is 45.3. The summed E-state index contributed by atoms with van der Waals surface area (Å²) >= 11 is 0. The lowest BCUT2D eigenvalue weighted by Crippen LogP contribution is -2.50. The summed E-state index contributed by atoms with van der Waals surface area (Å²) in [4.78, 5) is 0. The molecule has 5 aliphatic rings. The highest BCUT2D eigenvalue weighted by atomic mass is 16.3. The zero-order valence-electron chi connectivity index (χ0n) is 16.7. The number of rotatable bonds is 0. The van der Waals surface area contributed by atoms with E-state index in [0.29, 0.717) is 17.3 Å². The third kappa shape index (κ3) is 2.64. The third-order valence-corrected chi connectivity index (χ3v) is 8.87. The van der Waals surface area contributed by atoms with Crippen LogP contribution in [0.3, 0.4) is 0 Å². The number of hydrogen-bond acceptors (Lipinski definition) is 1. The molecular weight excluding hydrogens is 328 g/mol. The molecule has 1 nitrogen and oxygen atoms in total. The first-order valence-corrected chi connectivity index (χ1v) is 11.0. The summed E-state index contributed by atoms with van der Waals surface area (Å²) in [6.45, 7) is 4.89. The minimum atomic E-state index is -0.0755. The Balaban J connectivity index is 1.42. The molecule has 0 aromatic rings. The van der Waals surface area contributed by atoms with Crippen molar-refractivity contribution in [3.8, 4) is 11.8 Å². The van der Waals surface area contributed by atoms with Crippen LogP contribution in [0, 0.1) is 46.3 Å². The summed E-state index contributed by atoms with van der Waals surface area (Å²) < 4.78 is 0. The van der Waals surface area contributed by atoms with E-state index in [4.69, 9.17) is 0 Å². The van der Waals surface area contributed by atoms with E-state index in [-0.39, 0.29) is 11.5 Å². The lowest BCUT2D eigenvalue weighted by atomic mass is 9.48. The predicted octanol–water partition coefficient (Wildman–Crippen LogP) is 5.59. The molecule has 2 saturated carbocycles. The molecule has 2 fully saturated rings. The van der Waals surface area contributed by atoms with E-state index < -0.39 is 0 Å². The van der Waals surface area contributed by atoms with Gasteiger partial charge < -0.3 is 5.11 Å². The van der Waals surface area contributed by atoms with E-state index in [1.807, 2.05) is 0 Å². The first kappa shape index (κ1) is 17.6. The van der Waals surface area contributed by atoms with Crippen LogP contribution in [0.2, 0.25) is 0 Å². The van der Waals surface area contributed by atoms with E-state index in [1.165, 1.54) is 37.7 Å². The number of fused-ring (bicyclic) bond motifs is 5. The Labute approximate surface area is 164 Å². The maximum absolute atomic E-state index is 10.6. The molecule has 5 aliphatic carbocycles. The van der Waals surface area contributed by atoms with Crippen molar-refractivity contribution in [3.63, 3.8) is 0 Å². The van der Waals surface area contributed by atoms with Crippen molar-refractivity contribution in [2.45, 2.75) is 64.9 Å². The number of hydrogen-bond donors (Lipinski definition) is 1. The molecule has 1 heteroatoms. The van der Waals surface area contributed by atoms with Crippen molar-refractivity contribution in [1.82, 2.24) is 0 Å². The van der Waals surface area contributed by atoms with Gasteiger partial charge in [0, 0.05) is 5.57 Å². The number of aliphatic hydroxyl groups is 1. The van der Waals surface area contributed by atoms with Gasteiger partial charge in [-0.15, -0.1) is 0 Å². The van der Waals surface area contributed by atoms with Crippen molar-refractivity contribution in [1.29, 1.82) is 0 Å². The first-order chi connectivity index (χ1) is 13.0. The van der Waals surface area contributed by atoms with Gasteiger partial charge in [-0.25, -0.2) is 0 Å². The van der Waals surface area contributed by atoms with Gasteiger partial charge >= 0.3 is 0 Å². The van der Waals surface area contributed by atoms with Crippen LogP contribution in [-0.2, 0) is 0 Å². The van der Waals surface area contributed by atoms with Gasteiger partial charge in [0.1, 0.15) is 0 Å². The van der Waals surface area contributed by atoms with Gasteiger partial charge in [-0.3, -0.25) is 0 Å². The second-order valence-electron chi connectivity index (χ2n) is 10.1. The summed E-state index contributed by atoms with van der Waals surface area (Å²) in [7, 11) is 0. The van der Waals surface area contributed by atoms with Crippen LogP contribution in [0.25, 0.3) is 0 Å². The Kier molecular flexibility index (Phi) is 4.07. The summed E-state index contributed by atoms with van der Waals surface area (Å²) in [5, 5.41) is 10.6. The molecule has 0 bridgehead atoms. The molecule has 0 saturated heterocycles. The molecule has 5 rings (SSSR count). The lowest BCUT2D eigenvalue weighted by molar-refractivity contribution is -0.0625. The first-order valence-electron chi connectivity index (χ1n) is 11.0. The van der Waals surface area contributed by atoms with Crippen molar-refractivity contribution >= 4 is 0 Å². The topological polar surface area (TPSA) is 20.2 Å². The maximum atomic E-state index is 10.6. The van der Waals surface area contributed by atoms with E-state index in [1.54, 1.807) is 5.57 Å². The molecule has 0 heterocycles. The molecule has 0 radical (unpaired) electrons. The standard InChI is InChI=1S/C26H32O/c1-25-15-13-19(8-7-18-5-3-4-6-18)17-20(25)9-10-21-22-11-12-24(27)26(22,2)16-14-23(21)25/h3-6,9,17-18,21-24,27H,10-16H2,1-2H3/t21-,22-,23-,24-,25-,26-/m0/s1. The average Bonchev–Trinajstić information content (AvgIpc) is 3.28. The highest BCUT2D eigenvalue weighted by molar-refractivity contribution is 5.45. The second kappa shape index (κ2) is 6.25. The van der Waals surface area contributed by atoms with Crippen molar-refractivity contribution in [2.75, 3.05) is 0 Å². The highest BCUT2D eigenvalue weighted by Crippen LogP contribution is 2.64. The summed E-state index contributed by atoms with van der Waals surface area (Å²) in [6, 6.07) is 0. The molecule has 0 aromatic heterocycles. The molecule has 6 atom stereocenters. The Morgan fingerprint density at radius 1 is 1.04 bits per heavy atom. The van der Waals surface area contributed by atoms with Gasteiger partial charge in [-0.1, -0.05) is 56.1 Å². The van der Waals surface area contributed by atoms with Crippen LogP contribution < -0.4 is 0 Å². The third-order valence-electron chi connectivity index (χ3n) is 8.87. The maximum Gasteiger partial charge on any atom is 0.0596 e. The largest absolute Gasteiger partial charge is 0.393 e. The Morgan fingerprint density at radius 3 is 2.67 bits per heavy atom. The van der Waals surface area contributed by atoms with E-state index >= 15 is 0 Å². The van der Waals surface area contributed by atoms with Gasteiger partial charge in [0.05, 0.1) is 12.0 Å². The Bertz CT molecular complexity index is 803. The van der Waals surface area contributed by atoms with Gasteiger partial charge in [0.2, 0.25) is 0 Å². The monoisotopic (exact) mass is 360 g/mol. The SMILES string of the molecule is C[C@]12CC[C@H]3[C@@H](CC=C4C=C(C#CC5C=CC=C5)CC[C@@]43C)[C@@H]1CC[C@@H]2O. The molecule has 142 valence electrons. The molecule has 1 N–H and O–H groups in total. The molecule has 0 amide bonds. The quantitative estimate of drug-likeness (QED) is 0.558. The summed E-state index contributed by atoms with van der Waals surface area (Å²) in [5.41, 5.74) is 3.37. The molecule has 0 spiro atoms. The fourth-order valence-electron chi connectivity index (χ4n) is 7.10. The lowest BCUT2D eigenvalue weighted by Gasteiger charge is -2.56. The van der Waals surface area contributed by atoms with Gasteiger partial charge in [-0.05, 0) is 85.2 Å². The average molecular weight is 361 g/mol. The van der Waals surface area contributed by atoms with Crippen molar-refractivity contribution in [2.24, 2.45) is 34.5 Å². The minimum absolute atomic E-state index is 0.0755. The van der Waals surface area contributed by atoms with Crippen LogP contribution in [0.15, 0.2) is 47.6 Å². The van der Waals surface area contributed by atoms with Crippen molar-refractivity contribution in [3.05, 3.63) is 47.6 Å². The number of allylic oxidation sites excluding steroid dienone is 8. The fraction of sp³-hybridized carbons (Fsp3) is 0.615. The van der Waals surface area contributed by atoms with E-state index in [0.717, 1.165) is 24.7 Å². The smallest absolute Gasteiger partial charge is 0.0596 e. The highest BCUT2D eigenvalue weighted by Gasteiger charge is 2.57. The number of aliphatic hydroxyl groups excluding tert-OH is 1. The van der Waals surface area contributed by atoms with Crippen LogP contribution >= 0.6 is 0 Å². The van der Waals surface area contributed by atoms with Gasteiger partial charge in [0.15, 0.2) is 0 Å². The predicted molar refractivity (Wildman–Crippen MR) is 111 cm³/mol. The van der Waals surface area contributed by atoms with Crippen molar-refractivity contribution < 1.29 is 5.11 Å². The van der Waals surface area contributed by atoms with Gasteiger partial charge in [-0.2, -0.15) is 0 Å².